The number of aliphatic hydroxyl groups is 1. The lowest BCUT2D eigenvalue weighted by molar-refractivity contribution is 0.0799. The summed E-state index contributed by atoms with van der Waals surface area (Å²) >= 11 is 6.04. The Labute approximate surface area is 138 Å². The lowest BCUT2D eigenvalue weighted by Crippen LogP contribution is -2.17. The van der Waals surface area contributed by atoms with Crippen molar-refractivity contribution < 1.29 is 5.11 Å². The van der Waals surface area contributed by atoms with Crippen LogP contribution in [0.5, 0.6) is 0 Å². The van der Waals surface area contributed by atoms with Gasteiger partial charge in [0, 0.05) is 23.3 Å². The Bertz CT molecular complexity index is 918. The summed E-state index contributed by atoms with van der Waals surface area (Å²) in [5.41, 5.74) is 1.75. The molecule has 116 valence electrons. The fourth-order valence-corrected chi connectivity index (χ4v) is 2.71. The van der Waals surface area contributed by atoms with Crippen LogP contribution in [0, 0.1) is 11.3 Å². The molecular weight excluding hydrogens is 312 g/mol. The maximum absolute atomic E-state index is 10.5. The second-order valence-corrected chi connectivity index (χ2v) is 6.37. The molecule has 3 aromatic rings. The maximum Gasteiger partial charge on any atom is 0.162 e. The molecule has 0 saturated carbocycles. The first-order valence-corrected chi connectivity index (χ1v) is 7.49. The molecule has 3 rings (SSSR count). The first-order chi connectivity index (χ1) is 10.9. The van der Waals surface area contributed by atoms with Crippen molar-refractivity contribution in [1.29, 1.82) is 5.26 Å². The summed E-state index contributed by atoms with van der Waals surface area (Å²) in [6, 6.07) is 9.38. The van der Waals surface area contributed by atoms with Gasteiger partial charge in [-0.25, -0.2) is 0 Å². The Morgan fingerprint density at radius 3 is 2.78 bits per heavy atom. The summed E-state index contributed by atoms with van der Waals surface area (Å²) in [5.74, 6) is 0. The van der Waals surface area contributed by atoms with Crippen molar-refractivity contribution in [1.82, 2.24) is 14.8 Å². The number of nitrogens with zero attached hydrogens (tertiary/aromatic N) is 4. The molecule has 0 aliphatic carbocycles. The van der Waals surface area contributed by atoms with Crippen molar-refractivity contribution in [2.45, 2.75) is 26.0 Å². The summed E-state index contributed by atoms with van der Waals surface area (Å²) in [5, 5.41) is 24.9. The van der Waals surface area contributed by atoms with E-state index in [0.717, 1.165) is 22.0 Å². The van der Waals surface area contributed by atoms with Gasteiger partial charge in [0.25, 0.3) is 0 Å². The van der Waals surface area contributed by atoms with Crippen LogP contribution in [0.15, 0.2) is 36.7 Å². The van der Waals surface area contributed by atoms with E-state index in [1.165, 1.54) is 0 Å². The topological polar surface area (TPSA) is 74.7 Å². The van der Waals surface area contributed by atoms with Gasteiger partial charge in [-0.3, -0.25) is 9.67 Å². The van der Waals surface area contributed by atoms with Crippen molar-refractivity contribution in [2.24, 2.45) is 0 Å². The van der Waals surface area contributed by atoms with Crippen molar-refractivity contribution in [3.8, 4) is 6.07 Å². The van der Waals surface area contributed by atoms with E-state index in [1.54, 1.807) is 37.0 Å². The van der Waals surface area contributed by atoms with Gasteiger partial charge in [-0.1, -0.05) is 11.6 Å². The van der Waals surface area contributed by atoms with E-state index in [4.69, 9.17) is 16.9 Å². The summed E-state index contributed by atoms with van der Waals surface area (Å²) in [4.78, 5) is 4.36. The number of nitriles is 1. The predicted molar refractivity (Wildman–Crippen MR) is 88.0 cm³/mol. The van der Waals surface area contributed by atoms with Gasteiger partial charge in [0.15, 0.2) is 5.69 Å². The van der Waals surface area contributed by atoms with Crippen LogP contribution >= 0.6 is 11.6 Å². The summed E-state index contributed by atoms with van der Waals surface area (Å²) in [6.07, 6.45) is 3.33. The van der Waals surface area contributed by atoms with Gasteiger partial charge in [-0.2, -0.15) is 10.4 Å². The average molecular weight is 327 g/mol. The fourth-order valence-electron chi connectivity index (χ4n) is 2.54. The molecular formula is C17H15ClN4O. The number of fused-ring (bicyclic) bond motifs is 1. The lowest BCUT2D eigenvalue weighted by Gasteiger charge is -2.21. The van der Waals surface area contributed by atoms with Crippen LogP contribution in [0.4, 0.5) is 0 Å². The van der Waals surface area contributed by atoms with Gasteiger partial charge in [-0.15, -0.1) is 0 Å². The van der Waals surface area contributed by atoms with E-state index in [-0.39, 0.29) is 0 Å². The molecule has 0 bridgehead atoms. The number of aromatic nitrogens is 3. The highest BCUT2D eigenvalue weighted by atomic mass is 35.5. The standard InChI is InChI=1S/C17H15ClN4O/c1-17(2,23)15-6-11(10-22-4-3-14(8-19)21-22)5-12-7-13(18)9-20-16(12)15/h3-7,9,23H,10H2,1-2H3. The first-order valence-electron chi connectivity index (χ1n) is 7.11. The number of hydrogen-bond acceptors (Lipinski definition) is 4. The number of benzene rings is 1. The van der Waals surface area contributed by atoms with Crippen LogP contribution < -0.4 is 0 Å². The molecule has 0 radical (unpaired) electrons. The molecule has 0 spiro atoms. The number of halogens is 1. The zero-order chi connectivity index (χ0) is 16.6. The summed E-state index contributed by atoms with van der Waals surface area (Å²) in [6.45, 7) is 3.94. The van der Waals surface area contributed by atoms with Gasteiger partial charge in [0.1, 0.15) is 6.07 Å². The first kappa shape index (κ1) is 15.5. The molecule has 1 aromatic carbocycles. The Balaban J connectivity index is 2.12. The van der Waals surface area contributed by atoms with E-state index >= 15 is 0 Å². The fraction of sp³-hybridized carbons (Fsp3) is 0.235. The monoisotopic (exact) mass is 326 g/mol. The van der Waals surface area contributed by atoms with E-state index in [0.29, 0.717) is 17.3 Å². The average Bonchev–Trinajstić information content (AvgIpc) is 2.92. The molecule has 0 atom stereocenters. The second-order valence-electron chi connectivity index (χ2n) is 5.94. The highest BCUT2D eigenvalue weighted by Crippen LogP contribution is 2.30. The molecule has 0 aliphatic heterocycles. The molecule has 0 fully saturated rings. The highest BCUT2D eigenvalue weighted by Gasteiger charge is 2.21. The SMILES string of the molecule is CC(C)(O)c1cc(Cn2ccc(C#N)n2)cc2cc(Cl)cnc12. The Hall–Kier alpha value is -2.42. The zero-order valence-electron chi connectivity index (χ0n) is 12.8. The molecule has 2 aromatic heterocycles. The highest BCUT2D eigenvalue weighted by molar-refractivity contribution is 6.31. The summed E-state index contributed by atoms with van der Waals surface area (Å²) in [7, 11) is 0. The second kappa shape index (κ2) is 5.65. The van der Waals surface area contributed by atoms with E-state index in [9.17, 15) is 5.11 Å². The van der Waals surface area contributed by atoms with Gasteiger partial charge in [0.2, 0.25) is 0 Å². The van der Waals surface area contributed by atoms with Crippen LogP contribution in [-0.2, 0) is 12.1 Å². The number of rotatable bonds is 3. The lowest BCUT2D eigenvalue weighted by atomic mass is 9.93. The number of pyridine rings is 1. The largest absolute Gasteiger partial charge is 0.386 e. The minimum atomic E-state index is -1.03. The molecule has 23 heavy (non-hydrogen) atoms. The van der Waals surface area contributed by atoms with Crippen LogP contribution in [0.25, 0.3) is 10.9 Å². The Morgan fingerprint density at radius 1 is 1.35 bits per heavy atom. The number of hydrogen-bond donors (Lipinski definition) is 1. The molecule has 2 heterocycles. The van der Waals surface area contributed by atoms with Crippen molar-refractivity contribution in [3.63, 3.8) is 0 Å². The van der Waals surface area contributed by atoms with E-state index < -0.39 is 5.60 Å². The Kier molecular flexibility index (Phi) is 3.80. The Morgan fingerprint density at radius 2 is 2.13 bits per heavy atom. The quantitative estimate of drug-likeness (QED) is 0.801. The minimum absolute atomic E-state index is 0.373. The summed E-state index contributed by atoms with van der Waals surface area (Å²) < 4.78 is 1.69. The third-order valence-electron chi connectivity index (χ3n) is 3.57. The van der Waals surface area contributed by atoms with Crippen LogP contribution in [-0.4, -0.2) is 19.9 Å². The van der Waals surface area contributed by atoms with Crippen molar-refractivity contribution >= 4 is 22.5 Å². The van der Waals surface area contributed by atoms with Crippen LogP contribution in [0.3, 0.4) is 0 Å². The molecule has 0 amide bonds. The van der Waals surface area contributed by atoms with Crippen molar-refractivity contribution in [2.75, 3.05) is 0 Å². The minimum Gasteiger partial charge on any atom is -0.386 e. The normalized spacial score (nSPS) is 11.6. The van der Waals surface area contributed by atoms with E-state index in [2.05, 4.69) is 10.1 Å². The van der Waals surface area contributed by atoms with Crippen LogP contribution in [0.1, 0.15) is 30.7 Å². The maximum atomic E-state index is 10.5. The molecule has 5 nitrogen and oxygen atoms in total. The predicted octanol–water partition coefficient (Wildman–Crippen LogP) is 3.23. The third kappa shape index (κ3) is 3.19. The third-order valence-corrected chi connectivity index (χ3v) is 3.78. The van der Waals surface area contributed by atoms with Gasteiger partial charge < -0.3 is 5.11 Å². The molecule has 0 aliphatic rings. The van der Waals surface area contributed by atoms with Gasteiger partial charge >= 0.3 is 0 Å². The van der Waals surface area contributed by atoms with E-state index in [1.807, 2.05) is 24.3 Å². The molecule has 1 N–H and O–H groups in total. The molecule has 6 heteroatoms. The molecule has 0 saturated heterocycles. The smallest absolute Gasteiger partial charge is 0.162 e. The molecule has 0 unspecified atom stereocenters. The van der Waals surface area contributed by atoms with Crippen LogP contribution in [0.2, 0.25) is 5.02 Å². The van der Waals surface area contributed by atoms with Gasteiger partial charge in [-0.05, 0) is 43.7 Å². The van der Waals surface area contributed by atoms with Crippen molar-refractivity contribution in [3.05, 3.63) is 58.5 Å². The zero-order valence-corrected chi connectivity index (χ0v) is 13.5. The van der Waals surface area contributed by atoms with Gasteiger partial charge in [0.05, 0.1) is 22.7 Å².